The van der Waals surface area contributed by atoms with Crippen LogP contribution >= 0.6 is 0 Å². The Hall–Kier alpha value is -2.12. The van der Waals surface area contributed by atoms with Gasteiger partial charge in [-0.05, 0) is 29.5 Å². The zero-order valence-corrected chi connectivity index (χ0v) is 21.0. The van der Waals surface area contributed by atoms with Crippen LogP contribution < -0.4 is 0 Å². The highest BCUT2D eigenvalue weighted by Gasteiger charge is 2.33. The van der Waals surface area contributed by atoms with Crippen molar-refractivity contribution in [1.29, 1.82) is 0 Å². The third-order valence-corrected chi connectivity index (χ3v) is 6.97. The predicted molar refractivity (Wildman–Crippen MR) is 133 cm³/mol. The molecule has 3 aliphatic heterocycles. The number of amidine groups is 2. The monoisotopic (exact) mass is 455 g/mol. The molecular formula is C26H41N5O2. The molecule has 2 atom stereocenters. The Morgan fingerprint density at radius 2 is 1.42 bits per heavy atom. The molecule has 1 aromatic rings. The average molecular weight is 456 g/mol. The van der Waals surface area contributed by atoms with Gasteiger partial charge in [0.05, 0.1) is 18.6 Å². The van der Waals surface area contributed by atoms with Crippen molar-refractivity contribution < 1.29 is 9.47 Å². The molecule has 1 aromatic carbocycles. The Morgan fingerprint density at radius 1 is 0.879 bits per heavy atom. The first-order valence-electron chi connectivity index (χ1n) is 12.6. The summed E-state index contributed by atoms with van der Waals surface area (Å²) < 4.78 is 12.1. The van der Waals surface area contributed by atoms with Crippen molar-refractivity contribution in [1.82, 2.24) is 14.7 Å². The minimum Gasteiger partial charge on any atom is -0.463 e. The highest BCUT2D eigenvalue weighted by Crippen LogP contribution is 2.22. The molecule has 33 heavy (non-hydrogen) atoms. The van der Waals surface area contributed by atoms with Gasteiger partial charge in [0.25, 0.3) is 12.0 Å². The van der Waals surface area contributed by atoms with Gasteiger partial charge < -0.3 is 14.4 Å². The van der Waals surface area contributed by atoms with Gasteiger partial charge in [-0.3, -0.25) is 4.90 Å². The summed E-state index contributed by atoms with van der Waals surface area (Å²) in [4.78, 5) is 16.9. The van der Waals surface area contributed by atoms with Gasteiger partial charge >= 0.3 is 0 Å². The molecular weight excluding hydrogens is 414 g/mol. The third kappa shape index (κ3) is 6.07. The van der Waals surface area contributed by atoms with Crippen LogP contribution in [0.3, 0.4) is 0 Å². The smallest absolute Gasteiger partial charge is 0.296 e. The number of ether oxygens (including phenoxy) is 2. The molecule has 1 saturated heterocycles. The van der Waals surface area contributed by atoms with Gasteiger partial charge in [-0.15, -0.1) is 0 Å². The maximum Gasteiger partial charge on any atom is 0.296 e. The minimum absolute atomic E-state index is 0.179. The second kappa shape index (κ2) is 10.9. The molecule has 0 bridgehead atoms. The van der Waals surface area contributed by atoms with E-state index in [-0.39, 0.29) is 12.1 Å². The maximum atomic E-state index is 6.04. The van der Waals surface area contributed by atoms with Gasteiger partial charge in [-0.25, -0.2) is 14.9 Å². The summed E-state index contributed by atoms with van der Waals surface area (Å²) in [7, 11) is 0. The summed E-state index contributed by atoms with van der Waals surface area (Å²) in [6, 6.07) is 10.5. The Morgan fingerprint density at radius 3 is 1.94 bits per heavy atom. The van der Waals surface area contributed by atoms with Crippen LogP contribution in [0.25, 0.3) is 0 Å². The molecule has 0 unspecified atom stereocenters. The summed E-state index contributed by atoms with van der Waals surface area (Å²) in [6.45, 7) is 19.6. The summed E-state index contributed by atoms with van der Waals surface area (Å²) >= 11 is 0. The standard InChI is InChI=1S/C26H41N5O2/c1-6-29-10-12-30(13-11-29)15-21-8-7-9-22(14-21)16-31(25-27-23(17-32-25)19(2)3)26-28-24(18-33-26)20(4)5/h7-9,14,19-20,23-24H,6,10-13,15-18H2,1-5H3/t23-,24-/m1/s1. The Balaban J connectivity index is 1.49. The van der Waals surface area contributed by atoms with E-state index in [9.17, 15) is 0 Å². The van der Waals surface area contributed by atoms with E-state index in [2.05, 4.69) is 68.7 Å². The highest BCUT2D eigenvalue weighted by molar-refractivity contribution is 5.94. The number of benzene rings is 1. The molecule has 0 radical (unpaired) electrons. The zero-order valence-electron chi connectivity index (χ0n) is 21.0. The largest absolute Gasteiger partial charge is 0.463 e. The first-order chi connectivity index (χ1) is 15.9. The van der Waals surface area contributed by atoms with E-state index >= 15 is 0 Å². The lowest BCUT2D eigenvalue weighted by Gasteiger charge is -2.34. The fourth-order valence-corrected chi connectivity index (χ4v) is 4.48. The summed E-state index contributed by atoms with van der Waals surface area (Å²) in [5.41, 5.74) is 2.57. The number of piperazine rings is 1. The van der Waals surface area contributed by atoms with E-state index in [1.807, 2.05) is 4.90 Å². The van der Waals surface area contributed by atoms with Gasteiger partial charge in [-0.2, -0.15) is 0 Å². The zero-order chi connectivity index (χ0) is 23.4. The summed E-state index contributed by atoms with van der Waals surface area (Å²) in [5, 5.41) is 0. The van der Waals surface area contributed by atoms with Gasteiger partial charge in [0.15, 0.2) is 0 Å². The molecule has 0 saturated carbocycles. The first-order valence-corrected chi connectivity index (χ1v) is 12.6. The fourth-order valence-electron chi connectivity index (χ4n) is 4.48. The van der Waals surface area contributed by atoms with E-state index in [1.54, 1.807) is 0 Å². The Labute approximate surface area is 199 Å². The van der Waals surface area contributed by atoms with Crippen molar-refractivity contribution in [3.63, 3.8) is 0 Å². The molecule has 0 N–H and O–H groups in total. The SMILES string of the molecule is CCN1CCN(Cc2cccc(CN(C3=N[C@@H](C(C)C)CO3)C3=N[C@@H](C(C)C)CO3)c2)CC1. The summed E-state index contributed by atoms with van der Waals surface area (Å²) in [6.07, 6.45) is 0. The van der Waals surface area contributed by atoms with Gasteiger partial charge in [-0.1, -0.05) is 58.9 Å². The summed E-state index contributed by atoms with van der Waals surface area (Å²) in [5.74, 6) is 0.881. The molecule has 3 aliphatic rings. The van der Waals surface area contributed by atoms with Crippen LogP contribution in [0, 0.1) is 11.8 Å². The van der Waals surface area contributed by atoms with Crippen LogP contribution in [0.5, 0.6) is 0 Å². The number of hydrogen-bond acceptors (Lipinski definition) is 7. The van der Waals surface area contributed by atoms with Crippen LogP contribution in [0.2, 0.25) is 0 Å². The molecule has 0 aromatic heterocycles. The van der Waals surface area contributed by atoms with E-state index < -0.39 is 0 Å². The average Bonchev–Trinajstić information content (AvgIpc) is 3.49. The minimum atomic E-state index is 0.179. The van der Waals surface area contributed by atoms with Crippen molar-refractivity contribution in [3.05, 3.63) is 35.4 Å². The van der Waals surface area contributed by atoms with Crippen molar-refractivity contribution in [2.75, 3.05) is 45.9 Å². The number of likely N-dealkylation sites (N-methyl/N-ethyl adjacent to an activating group) is 1. The molecule has 7 nitrogen and oxygen atoms in total. The molecule has 1 fully saturated rings. The van der Waals surface area contributed by atoms with Gasteiger partial charge in [0.2, 0.25) is 0 Å². The normalized spacial score (nSPS) is 24.1. The third-order valence-electron chi connectivity index (χ3n) is 6.97. The van der Waals surface area contributed by atoms with Crippen molar-refractivity contribution in [2.45, 2.75) is 59.8 Å². The molecule has 4 rings (SSSR count). The lowest BCUT2D eigenvalue weighted by Crippen LogP contribution is -2.45. The van der Waals surface area contributed by atoms with Crippen molar-refractivity contribution in [3.8, 4) is 0 Å². The number of rotatable bonds is 7. The van der Waals surface area contributed by atoms with Gasteiger partial charge in [0.1, 0.15) is 13.2 Å². The van der Waals surface area contributed by atoms with Crippen LogP contribution in [0.15, 0.2) is 34.3 Å². The lowest BCUT2D eigenvalue weighted by atomic mass is 10.1. The van der Waals surface area contributed by atoms with E-state index in [0.29, 0.717) is 43.6 Å². The second-order valence-electron chi connectivity index (χ2n) is 10.2. The first kappa shape index (κ1) is 24.0. The number of aliphatic imine (C=N–C) groups is 2. The second-order valence-corrected chi connectivity index (χ2v) is 10.2. The number of nitrogens with zero attached hydrogens (tertiary/aromatic N) is 5. The molecule has 0 amide bonds. The fraction of sp³-hybridized carbons (Fsp3) is 0.692. The van der Waals surface area contributed by atoms with Gasteiger partial charge in [0, 0.05) is 32.7 Å². The quantitative estimate of drug-likeness (QED) is 0.630. The lowest BCUT2D eigenvalue weighted by molar-refractivity contribution is 0.132. The molecule has 182 valence electrons. The van der Waals surface area contributed by atoms with Crippen LogP contribution in [0.1, 0.15) is 45.7 Å². The molecule has 3 heterocycles. The molecule has 0 aliphatic carbocycles. The maximum absolute atomic E-state index is 6.04. The van der Waals surface area contributed by atoms with Crippen molar-refractivity contribution >= 4 is 12.0 Å². The number of hydrogen-bond donors (Lipinski definition) is 0. The van der Waals surface area contributed by atoms with Crippen LogP contribution in [-0.2, 0) is 22.6 Å². The Bertz CT molecular complexity index is 811. The van der Waals surface area contributed by atoms with E-state index in [0.717, 1.165) is 39.3 Å². The van der Waals surface area contributed by atoms with Crippen molar-refractivity contribution in [2.24, 2.45) is 21.8 Å². The van der Waals surface area contributed by atoms with Crippen LogP contribution in [-0.4, -0.2) is 84.8 Å². The Kier molecular flexibility index (Phi) is 7.91. The van der Waals surface area contributed by atoms with E-state index in [1.165, 1.54) is 11.1 Å². The van der Waals surface area contributed by atoms with Crippen LogP contribution in [0.4, 0.5) is 0 Å². The topological polar surface area (TPSA) is 52.9 Å². The predicted octanol–water partition coefficient (Wildman–Crippen LogP) is 3.45. The highest BCUT2D eigenvalue weighted by atomic mass is 16.5. The molecule has 7 heteroatoms. The molecule has 0 spiro atoms. The van der Waals surface area contributed by atoms with E-state index in [4.69, 9.17) is 19.5 Å².